The summed E-state index contributed by atoms with van der Waals surface area (Å²) in [6.07, 6.45) is 47.3. The summed E-state index contributed by atoms with van der Waals surface area (Å²) in [6, 6.07) is 142. The quantitative estimate of drug-likeness (QED) is 0.0269. The van der Waals surface area contributed by atoms with Crippen molar-refractivity contribution in [3.8, 4) is 89.0 Å². The topological polar surface area (TPSA) is 0 Å². The molecule has 16 rings (SSSR count). The van der Waals surface area contributed by atoms with Crippen molar-refractivity contribution in [3.63, 3.8) is 0 Å². The van der Waals surface area contributed by atoms with Crippen LogP contribution in [0.1, 0.15) is 255 Å². The average molecular weight is 1910 g/mol. The maximum absolute atomic E-state index is 2.28. The Labute approximate surface area is 879 Å². The van der Waals surface area contributed by atoms with Crippen molar-refractivity contribution in [3.05, 3.63) is 526 Å². The molecule has 0 N–H and O–H groups in total. The van der Waals surface area contributed by atoms with Crippen LogP contribution in [-0.2, 0) is 70.6 Å². The van der Waals surface area contributed by atoms with Gasteiger partial charge >= 0.3 is 0 Å². The van der Waals surface area contributed by atoms with Crippen molar-refractivity contribution in [1.82, 2.24) is 0 Å². The Hall–Kier alpha value is -13.5. The van der Waals surface area contributed by atoms with Crippen LogP contribution in [0.4, 0.5) is 0 Å². The second kappa shape index (κ2) is 67.9. The molecule has 0 radical (unpaired) electrons. The first-order chi connectivity index (χ1) is 71.0. The molecule has 0 nitrogen and oxygen atoms in total. The predicted octanol–water partition coefficient (Wildman–Crippen LogP) is 42.2. The molecule has 0 bridgehead atoms. The van der Waals surface area contributed by atoms with E-state index in [1.165, 1.54) is 274 Å². The van der Waals surface area contributed by atoms with Gasteiger partial charge in [-0.25, -0.2) is 0 Å². The Morgan fingerprint density at radius 2 is 0.262 bits per heavy atom. The lowest BCUT2D eigenvalue weighted by atomic mass is 9.99. The van der Waals surface area contributed by atoms with Crippen LogP contribution in [0, 0.1) is 34.6 Å². The molecule has 0 saturated heterocycles. The lowest BCUT2D eigenvalue weighted by Gasteiger charge is -2.06. The summed E-state index contributed by atoms with van der Waals surface area (Å²) in [5.74, 6) is 0. The molecule has 0 amide bonds. The molecule has 0 aliphatic rings. The number of unbranched alkanes of at least 4 members (excludes halogenated alkanes) is 5. The number of allylic oxidation sites excluding steroid dienone is 8. The van der Waals surface area contributed by atoms with E-state index in [9.17, 15) is 0 Å². The van der Waals surface area contributed by atoms with E-state index in [1.807, 2.05) is 0 Å². The fourth-order valence-corrected chi connectivity index (χ4v) is 17.2. The van der Waals surface area contributed by atoms with Gasteiger partial charge < -0.3 is 0 Å². The number of aryl methyl sites for hydroxylation is 16. The Bertz CT molecular complexity index is 6220. The van der Waals surface area contributed by atoms with Crippen LogP contribution in [0.5, 0.6) is 0 Å². The zero-order valence-electron chi connectivity index (χ0n) is 91.2. The molecule has 0 fully saturated rings. The second-order valence-corrected chi connectivity index (χ2v) is 38.7. The molecule has 0 aromatic heterocycles. The Morgan fingerprint density at radius 1 is 0.131 bits per heavy atom. The van der Waals surface area contributed by atoms with Crippen LogP contribution in [0.25, 0.3) is 89.0 Å². The summed E-state index contributed by atoms with van der Waals surface area (Å²) in [7, 11) is 0. The van der Waals surface area contributed by atoms with Crippen molar-refractivity contribution >= 4 is 0 Å². The monoisotopic (exact) mass is 1910 g/mol. The smallest absolute Gasteiger partial charge is 0.0184 e. The average Bonchev–Trinajstić information content (AvgIpc) is 0.864. The Kier molecular flexibility index (Phi) is 53.9. The molecule has 0 heteroatoms. The van der Waals surface area contributed by atoms with Gasteiger partial charge in [0.25, 0.3) is 0 Å². The molecule has 750 valence electrons. The van der Waals surface area contributed by atoms with Crippen LogP contribution in [-0.4, -0.2) is 0 Å². The summed E-state index contributed by atoms with van der Waals surface area (Å²) in [6.45, 7) is 34.4. The summed E-state index contributed by atoms with van der Waals surface area (Å²) >= 11 is 0. The number of benzene rings is 16. The van der Waals surface area contributed by atoms with E-state index in [1.54, 1.807) is 0 Å². The van der Waals surface area contributed by atoms with Gasteiger partial charge in [-0.05, 0) is 328 Å². The molecular formula is C145H170. The minimum atomic E-state index is 1.10. The van der Waals surface area contributed by atoms with E-state index < -0.39 is 0 Å². The van der Waals surface area contributed by atoms with E-state index in [4.69, 9.17) is 0 Å². The van der Waals surface area contributed by atoms with Gasteiger partial charge in [0.15, 0.2) is 0 Å². The molecule has 0 aliphatic heterocycles. The maximum atomic E-state index is 2.28. The van der Waals surface area contributed by atoms with Gasteiger partial charge in [-0.2, -0.15) is 0 Å². The minimum absolute atomic E-state index is 1.10. The number of hydrogen-bond acceptors (Lipinski definition) is 0. The minimum Gasteiger partial charge on any atom is -0.0917 e. The van der Waals surface area contributed by atoms with Crippen LogP contribution in [0.3, 0.4) is 0 Å². The highest BCUT2D eigenvalue weighted by atomic mass is 14.1. The molecule has 145 heavy (non-hydrogen) atoms. The second-order valence-electron chi connectivity index (χ2n) is 38.7. The summed E-state index contributed by atoms with van der Waals surface area (Å²) in [5.41, 5.74) is 43.1. The summed E-state index contributed by atoms with van der Waals surface area (Å²) < 4.78 is 0. The summed E-state index contributed by atoms with van der Waals surface area (Å²) in [5, 5.41) is 0. The lowest BCUT2D eigenvalue weighted by molar-refractivity contribution is 0.717. The number of hydrogen-bond donors (Lipinski definition) is 0. The third kappa shape index (κ3) is 43.5. The van der Waals surface area contributed by atoms with Gasteiger partial charge in [0.1, 0.15) is 0 Å². The highest BCUT2D eigenvalue weighted by molar-refractivity contribution is 5.70. The standard InChI is InChI=1S/C22H28.C20H24.C19H22.C18H22.C18H20.C17H20.C16H18.C15H16/c1-3-5-7-9-19-11-15-21(16-12-19)22-17-13-20(14-18-22)10-8-6-4-2;1-3-5-6-8-18-11-15-20(16-12-18)19-13-9-17(7-4-2)10-14-19;1-3-5-6-7-17-10-14-19(15-11-17)18-12-8-16(4-2)9-13-18;2*1-3-4-5-6-16-9-13-18(14-10-16)17-11-7-15(2)8-12-17;1-3-4-5-15-8-12-17(13-9-15)16-10-6-14(2)7-11-16;1-3-4-14-7-11-16(12-8-14)15-9-5-13(2)6-10-15;1-3-13-6-10-15(11-7-13)14-8-4-12(2)5-9-14/h3,5,11-18H,4,6-10H2,1-2H3;3,5,9-16H,4,6-8H2,1-2H3;3,5,8-15H,4,6-7H2,1-2H3;7-14H,3-6H2,1-2H3;3-4,7-14H,5-6H2,1-2H3;6-13H,3-5H2,1-2H3;5-12H,3-4H2,1-2H3;4-11H,3H2,1-2H3/b3*5-3+;;4-3+;;;. The molecule has 0 unspecified atom stereocenters. The third-order valence-corrected chi connectivity index (χ3v) is 26.6. The van der Waals surface area contributed by atoms with Gasteiger partial charge in [-0.3, -0.25) is 0 Å². The highest BCUT2D eigenvalue weighted by Gasteiger charge is 2.09. The zero-order chi connectivity index (χ0) is 103. The first kappa shape index (κ1) is 115. The highest BCUT2D eigenvalue weighted by Crippen LogP contribution is 2.31. The molecule has 0 spiro atoms. The van der Waals surface area contributed by atoms with Gasteiger partial charge in [0.05, 0.1) is 0 Å². The van der Waals surface area contributed by atoms with E-state index in [-0.39, 0.29) is 0 Å². The summed E-state index contributed by atoms with van der Waals surface area (Å²) in [4.78, 5) is 0. The molecule has 16 aromatic carbocycles. The van der Waals surface area contributed by atoms with E-state index in [0.29, 0.717) is 0 Å². The van der Waals surface area contributed by atoms with Crippen molar-refractivity contribution in [2.24, 2.45) is 0 Å². The zero-order valence-corrected chi connectivity index (χ0v) is 91.2. The molecule has 0 saturated carbocycles. The maximum Gasteiger partial charge on any atom is -0.0184 e. The first-order valence-electron chi connectivity index (χ1n) is 54.8. The van der Waals surface area contributed by atoms with E-state index in [2.05, 4.69) is 548 Å². The van der Waals surface area contributed by atoms with Crippen molar-refractivity contribution in [1.29, 1.82) is 0 Å². The van der Waals surface area contributed by atoms with Gasteiger partial charge in [0, 0.05) is 0 Å². The lowest BCUT2D eigenvalue weighted by Crippen LogP contribution is -1.87. The van der Waals surface area contributed by atoms with Gasteiger partial charge in [-0.15, -0.1) is 0 Å². The van der Waals surface area contributed by atoms with E-state index >= 15 is 0 Å². The molecule has 0 heterocycles. The normalized spacial score (nSPS) is 10.8. The molecular weight excluding hydrogens is 1740 g/mol. The Balaban J connectivity index is 0.000000185. The largest absolute Gasteiger partial charge is 0.0917 e. The van der Waals surface area contributed by atoms with Gasteiger partial charge in [-0.1, -0.05) is 558 Å². The van der Waals surface area contributed by atoms with Crippen LogP contribution in [0.15, 0.2) is 437 Å². The first-order valence-corrected chi connectivity index (χ1v) is 54.8. The SMILES string of the molecule is C/C=C/CCc1ccc(-c2ccc(C)cc2)cc1.C/C=C/CCc1ccc(-c2ccc(CC)cc2)cc1.C/C=C/CCc1ccc(-c2ccc(CCC)cc2)cc1.C/C=C/CCc1ccc(-c2ccc(CCCCC)cc2)cc1.CCCCCc1ccc(-c2ccc(C)cc2)cc1.CCCCc1ccc(-c2ccc(C)cc2)cc1.CCCc1ccc(-c2ccc(C)cc2)cc1.CCc1ccc(-c2ccc(C)cc2)cc1. The van der Waals surface area contributed by atoms with Crippen LogP contribution < -0.4 is 0 Å². The van der Waals surface area contributed by atoms with Crippen molar-refractivity contribution < 1.29 is 0 Å². The van der Waals surface area contributed by atoms with Gasteiger partial charge in [0.2, 0.25) is 0 Å². The predicted molar refractivity (Wildman–Crippen MR) is 643 cm³/mol. The van der Waals surface area contributed by atoms with Crippen LogP contribution >= 0.6 is 0 Å². The van der Waals surface area contributed by atoms with Crippen molar-refractivity contribution in [2.75, 3.05) is 0 Å². The van der Waals surface area contributed by atoms with Crippen LogP contribution in [0.2, 0.25) is 0 Å². The molecule has 16 aromatic rings. The number of rotatable bonds is 37. The fraction of sp³-hybridized carbons (Fsp3) is 0.283. The Morgan fingerprint density at radius 3 is 0.400 bits per heavy atom. The molecule has 0 atom stereocenters. The van der Waals surface area contributed by atoms with Crippen molar-refractivity contribution in [2.45, 2.75) is 271 Å². The fourth-order valence-electron chi connectivity index (χ4n) is 17.2. The molecule has 0 aliphatic carbocycles. The third-order valence-electron chi connectivity index (χ3n) is 26.6. The van der Waals surface area contributed by atoms with E-state index in [0.717, 1.165) is 64.2 Å².